The molecular formula is C22H23N3O. The minimum absolute atomic E-state index is 0.172. The number of hydrogen-bond acceptors (Lipinski definition) is 3. The average molecular weight is 345 g/mol. The summed E-state index contributed by atoms with van der Waals surface area (Å²) < 4.78 is 0. The predicted molar refractivity (Wildman–Crippen MR) is 106 cm³/mol. The zero-order valence-corrected chi connectivity index (χ0v) is 15.1. The lowest BCUT2D eigenvalue weighted by molar-refractivity contribution is 0.0946. The first kappa shape index (κ1) is 17.7. The summed E-state index contributed by atoms with van der Waals surface area (Å²) in [6.07, 6.45) is 2.64. The van der Waals surface area contributed by atoms with Crippen LogP contribution in [0.3, 0.4) is 0 Å². The van der Waals surface area contributed by atoms with Gasteiger partial charge in [-0.05, 0) is 48.2 Å². The first-order chi connectivity index (χ1) is 12.7. The molecule has 132 valence electrons. The first-order valence-corrected chi connectivity index (χ1v) is 8.81. The number of nitrogens with one attached hydrogen (secondary N) is 2. The number of hydrogen-bond donors (Lipinski definition) is 2. The van der Waals surface area contributed by atoms with Crippen LogP contribution >= 0.6 is 0 Å². The molecule has 0 atom stereocenters. The van der Waals surface area contributed by atoms with Gasteiger partial charge in [-0.1, -0.05) is 49.4 Å². The summed E-state index contributed by atoms with van der Waals surface area (Å²) in [4.78, 5) is 16.6. The highest BCUT2D eigenvalue weighted by Gasteiger charge is 2.08. The minimum Gasteiger partial charge on any atom is -0.354 e. The highest BCUT2D eigenvalue weighted by atomic mass is 16.1. The molecule has 1 amide bonds. The fourth-order valence-electron chi connectivity index (χ4n) is 2.78. The molecule has 4 heteroatoms. The summed E-state index contributed by atoms with van der Waals surface area (Å²) in [6, 6.07) is 19.8. The van der Waals surface area contributed by atoms with Crippen LogP contribution in [0.4, 0.5) is 11.4 Å². The van der Waals surface area contributed by atoms with E-state index >= 15 is 0 Å². The molecule has 0 spiro atoms. The number of para-hydroxylation sites is 1. The van der Waals surface area contributed by atoms with Gasteiger partial charge in [0.2, 0.25) is 0 Å². The van der Waals surface area contributed by atoms with Gasteiger partial charge in [-0.3, -0.25) is 4.79 Å². The number of aryl methyl sites for hydroxylation is 2. The van der Waals surface area contributed by atoms with Crippen molar-refractivity contribution >= 4 is 17.3 Å². The predicted octanol–water partition coefficient (Wildman–Crippen LogP) is 4.63. The Labute approximate surface area is 154 Å². The standard InChI is InChI=1S/C22H23N3O/c1-3-17-9-6-7-11-20(17)25-19-12-13-21(23-15-19)22(26)24-14-18-10-5-4-8-16(18)2/h4-13,15,25H,3,14H2,1-2H3,(H,24,26). The Hall–Kier alpha value is -3.14. The minimum atomic E-state index is -0.172. The zero-order chi connectivity index (χ0) is 18.4. The Morgan fingerprint density at radius 2 is 1.69 bits per heavy atom. The molecule has 26 heavy (non-hydrogen) atoms. The van der Waals surface area contributed by atoms with Crippen molar-refractivity contribution in [3.63, 3.8) is 0 Å². The molecule has 3 aromatic rings. The average Bonchev–Trinajstić information content (AvgIpc) is 2.68. The van der Waals surface area contributed by atoms with Crippen molar-refractivity contribution in [1.29, 1.82) is 0 Å². The topological polar surface area (TPSA) is 54.0 Å². The molecule has 1 aromatic heterocycles. The third-order valence-corrected chi connectivity index (χ3v) is 4.37. The van der Waals surface area contributed by atoms with Crippen molar-refractivity contribution < 1.29 is 4.79 Å². The van der Waals surface area contributed by atoms with Crippen LogP contribution in [0, 0.1) is 6.92 Å². The zero-order valence-electron chi connectivity index (χ0n) is 15.1. The number of pyridine rings is 1. The van der Waals surface area contributed by atoms with Crippen LogP contribution in [0.15, 0.2) is 66.9 Å². The molecule has 0 saturated carbocycles. The van der Waals surface area contributed by atoms with E-state index in [1.165, 1.54) is 5.56 Å². The lowest BCUT2D eigenvalue weighted by atomic mass is 10.1. The van der Waals surface area contributed by atoms with Crippen LogP contribution in [0.25, 0.3) is 0 Å². The number of benzene rings is 2. The molecular weight excluding hydrogens is 322 g/mol. The molecule has 0 fully saturated rings. The second-order valence-electron chi connectivity index (χ2n) is 6.18. The lowest BCUT2D eigenvalue weighted by Gasteiger charge is -2.11. The van der Waals surface area contributed by atoms with Gasteiger partial charge in [0.1, 0.15) is 5.69 Å². The monoisotopic (exact) mass is 345 g/mol. The number of carbonyl (C=O) groups is 1. The Balaban J connectivity index is 1.63. The molecule has 4 nitrogen and oxygen atoms in total. The smallest absolute Gasteiger partial charge is 0.270 e. The van der Waals surface area contributed by atoms with E-state index in [2.05, 4.69) is 28.6 Å². The summed E-state index contributed by atoms with van der Waals surface area (Å²) >= 11 is 0. The van der Waals surface area contributed by atoms with Crippen LogP contribution in [0.2, 0.25) is 0 Å². The maximum atomic E-state index is 12.3. The second kappa shape index (κ2) is 8.30. The molecule has 1 heterocycles. The van der Waals surface area contributed by atoms with Gasteiger partial charge in [-0.2, -0.15) is 0 Å². The van der Waals surface area contributed by atoms with Gasteiger partial charge in [0, 0.05) is 12.2 Å². The number of rotatable bonds is 6. The number of anilines is 2. The largest absolute Gasteiger partial charge is 0.354 e. The van der Waals surface area contributed by atoms with E-state index in [1.807, 2.05) is 55.5 Å². The first-order valence-electron chi connectivity index (χ1n) is 8.81. The van der Waals surface area contributed by atoms with Gasteiger partial charge in [-0.15, -0.1) is 0 Å². The third kappa shape index (κ3) is 4.28. The summed E-state index contributed by atoms with van der Waals surface area (Å²) in [5.41, 5.74) is 5.85. The van der Waals surface area contributed by atoms with Crippen molar-refractivity contribution in [2.24, 2.45) is 0 Å². The van der Waals surface area contributed by atoms with Crippen molar-refractivity contribution in [1.82, 2.24) is 10.3 Å². The normalized spacial score (nSPS) is 10.4. The van der Waals surface area contributed by atoms with Gasteiger partial charge >= 0.3 is 0 Å². The summed E-state index contributed by atoms with van der Waals surface area (Å²) in [5, 5.41) is 6.28. The number of aromatic nitrogens is 1. The molecule has 2 aromatic carbocycles. The highest BCUT2D eigenvalue weighted by Crippen LogP contribution is 2.20. The summed E-state index contributed by atoms with van der Waals surface area (Å²) in [7, 11) is 0. The molecule has 2 N–H and O–H groups in total. The van der Waals surface area contributed by atoms with E-state index in [0.29, 0.717) is 12.2 Å². The maximum Gasteiger partial charge on any atom is 0.270 e. The molecule has 0 unspecified atom stereocenters. The fourth-order valence-corrected chi connectivity index (χ4v) is 2.78. The Morgan fingerprint density at radius 3 is 2.38 bits per heavy atom. The Kier molecular flexibility index (Phi) is 5.64. The molecule has 0 aliphatic heterocycles. The highest BCUT2D eigenvalue weighted by molar-refractivity contribution is 5.92. The van der Waals surface area contributed by atoms with Gasteiger partial charge < -0.3 is 10.6 Å². The second-order valence-corrected chi connectivity index (χ2v) is 6.18. The van der Waals surface area contributed by atoms with E-state index in [1.54, 1.807) is 12.3 Å². The van der Waals surface area contributed by atoms with Crippen molar-refractivity contribution in [2.75, 3.05) is 5.32 Å². The van der Waals surface area contributed by atoms with E-state index < -0.39 is 0 Å². The van der Waals surface area contributed by atoms with Gasteiger partial charge in [0.25, 0.3) is 5.91 Å². The molecule has 0 radical (unpaired) electrons. The SMILES string of the molecule is CCc1ccccc1Nc1ccc(C(=O)NCc2ccccc2C)nc1. The van der Waals surface area contributed by atoms with E-state index in [-0.39, 0.29) is 5.91 Å². The van der Waals surface area contributed by atoms with Crippen molar-refractivity contribution in [3.05, 3.63) is 89.2 Å². The van der Waals surface area contributed by atoms with Crippen LogP contribution in [0.1, 0.15) is 34.1 Å². The van der Waals surface area contributed by atoms with Crippen LogP contribution in [-0.4, -0.2) is 10.9 Å². The van der Waals surface area contributed by atoms with Gasteiger partial charge in [-0.25, -0.2) is 4.98 Å². The lowest BCUT2D eigenvalue weighted by Crippen LogP contribution is -2.24. The molecule has 0 aliphatic rings. The number of carbonyl (C=O) groups excluding carboxylic acids is 1. The van der Waals surface area contributed by atoms with Crippen molar-refractivity contribution in [2.45, 2.75) is 26.8 Å². The molecule has 0 saturated heterocycles. The fraction of sp³-hybridized carbons (Fsp3) is 0.182. The van der Waals surface area contributed by atoms with E-state index in [4.69, 9.17) is 0 Å². The van der Waals surface area contributed by atoms with E-state index in [9.17, 15) is 4.79 Å². The quantitative estimate of drug-likeness (QED) is 0.685. The molecule has 3 rings (SSSR count). The van der Waals surface area contributed by atoms with Crippen LogP contribution in [0.5, 0.6) is 0 Å². The Bertz CT molecular complexity index is 888. The Morgan fingerprint density at radius 1 is 0.962 bits per heavy atom. The van der Waals surface area contributed by atoms with E-state index in [0.717, 1.165) is 28.9 Å². The van der Waals surface area contributed by atoms with Crippen molar-refractivity contribution in [3.8, 4) is 0 Å². The van der Waals surface area contributed by atoms with Crippen LogP contribution < -0.4 is 10.6 Å². The maximum absolute atomic E-state index is 12.3. The molecule has 0 aliphatic carbocycles. The summed E-state index contributed by atoms with van der Waals surface area (Å²) in [6.45, 7) is 4.66. The van der Waals surface area contributed by atoms with Crippen LogP contribution in [-0.2, 0) is 13.0 Å². The third-order valence-electron chi connectivity index (χ3n) is 4.37. The number of nitrogens with zero attached hydrogens (tertiary/aromatic N) is 1. The van der Waals surface area contributed by atoms with Gasteiger partial charge in [0.15, 0.2) is 0 Å². The summed E-state index contributed by atoms with van der Waals surface area (Å²) in [5.74, 6) is -0.172. The van der Waals surface area contributed by atoms with Gasteiger partial charge in [0.05, 0.1) is 11.9 Å². The number of amides is 1. The molecule has 0 bridgehead atoms.